The number of nitrogens with zero attached hydrogens (tertiary/aromatic N) is 1. The van der Waals surface area contributed by atoms with E-state index in [1.165, 1.54) is 18.2 Å². The summed E-state index contributed by atoms with van der Waals surface area (Å²) in [7, 11) is 0. The molecule has 0 bridgehead atoms. The third-order valence-electron chi connectivity index (χ3n) is 3.03. The van der Waals surface area contributed by atoms with Crippen molar-refractivity contribution in [2.75, 3.05) is 11.9 Å². The van der Waals surface area contributed by atoms with Crippen molar-refractivity contribution in [3.8, 4) is 0 Å². The number of rotatable bonds is 5. The van der Waals surface area contributed by atoms with E-state index in [4.69, 9.17) is 20.8 Å². The van der Waals surface area contributed by atoms with E-state index in [0.29, 0.717) is 11.5 Å². The predicted octanol–water partition coefficient (Wildman–Crippen LogP) is 3.25. The first kappa shape index (κ1) is 17.5. The number of amides is 1. The van der Waals surface area contributed by atoms with Crippen LogP contribution in [0.1, 0.15) is 21.9 Å². The monoisotopic (exact) mass is 352 g/mol. The second-order valence-electron chi connectivity index (χ2n) is 4.87. The first-order valence-electron chi connectivity index (χ1n) is 6.76. The maximum Gasteiger partial charge on any atom is 0.342 e. The molecule has 0 spiro atoms. The molecule has 0 radical (unpaired) electrons. The van der Waals surface area contributed by atoms with Crippen molar-refractivity contribution in [3.05, 3.63) is 56.5 Å². The largest absolute Gasteiger partial charge is 0.466 e. The number of aryl methyl sites for hydroxylation is 2. The Morgan fingerprint density at radius 1 is 1.33 bits per heavy atom. The van der Waals surface area contributed by atoms with Crippen LogP contribution in [0.2, 0.25) is 5.02 Å². The molecular weight excluding hydrogens is 340 g/mol. The lowest BCUT2D eigenvalue weighted by Gasteiger charge is -2.07. The summed E-state index contributed by atoms with van der Waals surface area (Å²) < 4.78 is 10.1. The molecule has 0 fully saturated rings. The van der Waals surface area contributed by atoms with Crippen molar-refractivity contribution in [1.29, 1.82) is 0 Å². The van der Waals surface area contributed by atoms with Gasteiger partial charge in [-0.05, 0) is 32.0 Å². The van der Waals surface area contributed by atoms with Gasteiger partial charge in [-0.2, -0.15) is 0 Å². The molecule has 24 heavy (non-hydrogen) atoms. The minimum atomic E-state index is -0.717. The smallest absolute Gasteiger partial charge is 0.342 e. The first-order chi connectivity index (χ1) is 11.3. The van der Waals surface area contributed by atoms with Crippen LogP contribution in [0.25, 0.3) is 0 Å². The summed E-state index contributed by atoms with van der Waals surface area (Å²) in [6.07, 6.45) is 0. The summed E-state index contributed by atoms with van der Waals surface area (Å²) in [6, 6.07) is 5.30. The van der Waals surface area contributed by atoms with Crippen LogP contribution in [0.3, 0.4) is 0 Å². The van der Waals surface area contributed by atoms with Gasteiger partial charge in [-0.3, -0.25) is 14.9 Å². The number of hydrogen-bond donors (Lipinski definition) is 1. The summed E-state index contributed by atoms with van der Waals surface area (Å²) in [5.74, 6) is -0.510. The SMILES string of the molecule is Cc1cc(C(=O)OCC(=O)Nc2ccc(Cl)cc2[N+](=O)[O-])c(C)o1. The van der Waals surface area contributed by atoms with Gasteiger partial charge in [0.25, 0.3) is 11.6 Å². The second kappa shape index (κ2) is 7.14. The van der Waals surface area contributed by atoms with Gasteiger partial charge < -0.3 is 14.5 Å². The molecule has 1 N–H and O–H groups in total. The Bertz CT molecular complexity index is 814. The highest BCUT2D eigenvalue weighted by Gasteiger charge is 2.19. The van der Waals surface area contributed by atoms with E-state index in [0.717, 1.165) is 6.07 Å². The first-order valence-corrected chi connectivity index (χ1v) is 7.13. The average molecular weight is 353 g/mol. The molecule has 1 amide bonds. The van der Waals surface area contributed by atoms with E-state index < -0.39 is 23.4 Å². The zero-order valence-electron chi connectivity index (χ0n) is 12.8. The Balaban J connectivity index is 2.00. The Hall–Kier alpha value is -2.87. The van der Waals surface area contributed by atoms with Gasteiger partial charge in [0.1, 0.15) is 22.8 Å². The molecule has 9 heteroatoms. The van der Waals surface area contributed by atoms with Gasteiger partial charge in [0.05, 0.1) is 4.92 Å². The lowest BCUT2D eigenvalue weighted by molar-refractivity contribution is -0.383. The fourth-order valence-electron chi connectivity index (χ4n) is 1.99. The van der Waals surface area contributed by atoms with E-state index in [2.05, 4.69) is 5.32 Å². The molecule has 0 aliphatic carbocycles. The zero-order chi connectivity index (χ0) is 17.9. The number of furan rings is 1. The Morgan fingerprint density at radius 2 is 2.04 bits per heavy atom. The van der Waals surface area contributed by atoms with Crippen LogP contribution in [0, 0.1) is 24.0 Å². The number of esters is 1. The molecule has 0 unspecified atom stereocenters. The van der Waals surface area contributed by atoms with Crippen molar-refractivity contribution < 1.29 is 23.7 Å². The number of halogens is 1. The van der Waals surface area contributed by atoms with Gasteiger partial charge in [0.2, 0.25) is 0 Å². The van der Waals surface area contributed by atoms with Crippen LogP contribution < -0.4 is 5.32 Å². The van der Waals surface area contributed by atoms with E-state index in [1.54, 1.807) is 13.8 Å². The predicted molar refractivity (Wildman–Crippen MR) is 85.2 cm³/mol. The Morgan fingerprint density at radius 3 is 2.62 bits per heavy atom. The molecule has 0 saturated heterocycles. The molecule has 0 atom stereocenters. The lowest BCUT2D eigenvalue weighted by atomic mass is 10.2. The van der Waals surface area contributed by atoms with Gasteiger partial charge in [-0.15, -0.1) is 0 Å². The maximum absolute atomic E-state index is 11.9. The van der Waals surface area contributed by atoms with E-state index in [1.807, 2.05) is 0 Å². The van der Waals surface area contributed by atoms with Crippen LogP contribution in [0.5, 0.6) is 0 Å². The van der Waals surface area contributed by atoms with E-state index in [-0.39, 0.29) is 22.0 Å². The number of nitrogens with one attached hydrogen (secondary N) is 1. The zero-order valence-corrected chi connectivity index (χ0v) is 13.5. The quantitative estimate of drug-likeness (QED) is 0.502. The Kier molecular flexibility index (Phi) is 5.20. The fraction of sp³-hybridized carbons (Fsp3) is 0.200. The topological polar surface area (TPSA) is 112 Å². The molecule has 8 nitrogen and oxygen atoms in total. The van der Waals surface area contributed by atoms with E-state index in [9.17, 15) is 19.7 Å². The van der Waals surface area contributed by atoms with Gasteiger partial charge in [-0.25, -0.2) is 4.79 Å². The highest BCUT2D eigenvalue weighted by molar-refractivity contribution is 6.31. The van der Waals surface area contributed by atoms with Crippen LogP contribution in [0.4, 0.5) is 11.4 Å². The van der Waals surface area contributed by atoms with Crippen LogP contribution in [-0.2, 0) is 9.53 Å². The van der Waals surface area contributed by atoms with Gasteiger partial charge in [0.15, 0.2) is 6.61 Å². The molecule has 0 aliphatic heterocycles. The molecule has 1 heterocycles. The number of anilines is 1. The number of benzene rings is 1. The fourth-order valence-corrected chi connectivity index (χ4v) is 2.16. The van der Waals surface area contributed by atoms with Crippen molar-refractivity contribution in [1.82, 2.24) is 0 Å². The van der Waals surface area contributed by atoms with Crippen molar-refractivity contribution in [2.45, 2.75) is 13.8 Å². The summed E-state index contributed by atoms with van der Waals surface area (Å²) >= 11 is 5.69. The van der Waals surface area contributed by atoms with Crippen LogP contribution in [-0.4, -0.2) is 23.4 Å². The molecule has 126 valence electrons. The Labute approximate surface area is 141 Å². The minimum absolute atomic E-state index is 0.0409. The molecule has 2 rings (SSSR count). The standard InChI is InChI=1S/C15H13ClN2O6/c1-8-5-11(9(2)24-8)15(20)23-7-14(19)17-12-4-3-10(16)6-13(12)18(21)22/h3-6H,7H2,1-2H3,(H,17,19). The summed E-state index contributed by atoms with van der Waals surface area (Å²) in [5.41, 5.74) is -0.179. The van der Waals surface area contributed by atoms with Gasteiger partial charge >= 0.3 is 5.97 Å². The normalized spacial score (nSPS) is 10.3. The second-order valence-corrected chi connectivity index (χ2v) is 5.31. The number of nitro benzene ring substituents is 1. The van der Waals surface area contributed by atoms with E-state index >= 15 is 0 Å². The highest BCUT2D eigenvalue weighted by Crippen LogP contribution is 2.27. The summed E-state index contributed by atoms with van der Waals surface area (Å²) in [5, 5.41) is 13.4. The third-order valence-corrected chi connectivity index (χ3v) is 3.26. The maximum atomic E-state index is 11.9. The van der Waals surface area contributed by atoms with Crippen molar-refractivity contribution in [2.24, 2.45) is 0 Å². The molecule has 2 aromatic rings. The lowest BCUT2D eigenvalue weighted by Crippen LogP contribution is -2.21. The minimum Gasteiger partial charge on any atom is -0.466 e. The van der Waals surface area contributed by atoms with Crippen LogP contribution >= 0.6 is 11.6 Å². The number of ether oxygens (including phenoxy) is 1. The molecular formula is C15H13ClN2O6. The number of hydrogen-bond acceptors (Lipinski definition) is 6. The molecule has 0 saturated carbocycles. The number of carbonyl (C=O) groups is 2. The van der Waals surface area contributed by atoms with Crippen LogP contribution in [0.15, 0.2) is 28.7 Å². The van der Waals surface area contributed by atoms with Gasteiger partial charge in [-0.1, -0.05) is 11.6 Å². The number of carbonyl (C=O) groups excluding carboxylic acids is 2. The van der Waals surface area contributed by atoms with Gasteiger partial charge in [0, 0.05) is 11.1 Å². The summed E-state index contributed by atoms with van der Waals surface area (Å²) in [6.45, 7) is 2.68. The third kappa shape index (κ3) is 4.11. The highest BCUT2D eigenvalue weighted by atomic mass is 35.5. The molecule has 1 aromatic carbocycles. The van der Waals surface area contributed by atoms with Crippen molar-refractivity contribution in [3.63, 3.8) is 0 Å². The number of nitro groups is 1. The summed E-state index contributed by atoms with van der Waals surface area (Å²) in [4.78, 5) is 34.0. The molecule has 1 aromatic heterocycles. The molecule has 0 aliphatic rings. The average Bonchev–Trinajstić information content (AvgIpc) is 2.85. The van der Waals surface area contributed by atoms with Crippen molar-refractivity contribution >= 4 is 34.9 Å².